The van der Waals surface area contributed by atoms with Crippen molar-refractivity contribution < 1.29 is 9.47 Å². The van der Waals surface area contributed by atoms with Crippen LogP contribution in [0.1, 0.15) is 27.1 Å². The lowest BCUT2D eigenvalue weighted by Crippen LogP contribution is -2.15. The van der Waals surface area contributed by atoms with Gasteiger partial charge in [-0.05, 0) is 37.1 Å². The summed E-state index contributed by atoms with van der Waals surface area (Å²) < 4.78 is 11.2. The number of rotatable bonds is 2. The van der Waals surface area contributed by atoms with Crippen molar-refractivity contribution in [3.05, 3.63) is 58.7 Å². The van der Waals surface area contributed by atoms with Gasteiger partial charge in [0.1, 0.15) is 13.2 Å². The van der Waals surface area contributed by atoms with E-state index in [4.69, 9.17) is 9.47 Å². The van der Waals surface area contributed by atoms with Crippen LogP contribution in [0.15, 0.2) is 36.4 Å². The van der Waals surface area contributed by atoms with E-state index in [0.29, 0.717) is 13.2 Å². The lowest BCUT2D eigenvalue weighted by Gasteiger charge is -2.20. The Morgan fingerprint density at radius 1 is 0.850 bits per heavy atom. The highest BCUT2D eigenvalue weighted by atomic mass is 79.9. The topological polar surface area (TPSA) is 18.5 Å². The van der Waals surface area contributed by atoms with Crippen LogP contribution in [-0.4, -0.2) is 13.2 Å². The summed E-state index contributed by atoms with van der Waals surface area (Å²) in [6.07, 6.45) is 0. The fourth-order valence-corrected chi connectivity index (χ4v) is 3.12. The number of halogens is 1. The molecule has 3 rings (SSSR count). The molecule has 0 amide bonds. The smallest absolute Gasteiger partial charge is 0.161 e. The number of aryl methyl sites for hydroxylation is 2. The zero-order valence-corrected chi connectivity index (χ0v) is 13.2. The largest absolute Gasteiger partial charge is 0.486 e. The van der Waals surface area contributed by atoms with E-state index in [1.54, 1.807) is 0 Å². The van der Waals surface area contributed by atoms with Crippen molar-refractivity contribution >= 4 is 15.9 Å². The van der Waals surface area contributed by atoms with Crippen molar-refractivity contribution in [1.29, 1.82) is 0 Å². The molecule has 0 saturated carbocycles. The Hall–Kier alpha value is -1.48. The van der Waals surface area contributed by atoms with Gasteiger partial charge in [0.05, 0.1) is 4.83 Å². The van der Waals surface area contributed by atoms with Crippen molar-refractivity contribution in [1.82, 2.24) is 0 Å². The molecule has 2 aromatic carbocycles. The molecule has 0 N–H and O–H groups in total. The zero-order valence-electron chi connectivity index (χ0n) is 11.7. The molecule has 1 aliphatic heterocycles. The third kappa shape index (κ3) is 2.68. The highest BCUT2D eigenvalue weighted by molar-refractivity contribution is 9.09. The monoisotopic (exact) mass is 332 g/mol. The summed E-state index contributed by atoms with van der Waals surface area (Å²) in [4.78, 5) is 0.164. The molecule has 1 atom stereocenters. The van der Waals surface area contributed by atoms with Gasteiger partial charge in [-0.25, -0.2) is 0 Å². The van der Waals surface area contributed by atoms with Crippen LogP contribution in [0.3, 0.4) is 0 Å². The Kier molecular flexibility index (Phi) is 3.70. The fourth-order valence-electron chi connectivity index (χ4n) is 2.57. The summed E-state index contributed by atoms with van der Waals surface area (Å²) in [6, 6.07) is 12.7. The lowest BCUT2D eigenvalue weighted by molar-refractivity contribution is 0.171. The van der Waals surface area contributed by atoms with Crippen LogP contribution in [0.5, 0.6) is 11.5 Å². The molecule has 0 aliphatic carbocycles. The summed E-state index contributed by atoms with van der Waals surface area (Å²) in [5.74, 6) is 1.67. The molecular weight excluding hydrogens is 316 g/mol. The third-order valence-corrected chi connectivity index (χ3v) is 4.45. The molecule has 20 heavy (non-hydrogen) atoms. The molecule has 1 aliphatic rings. The number of ether oxygens (including phenoxy) is 2. The predicted molar refractivity (Wildman–Crippen MR) is 84.1 cm³/mol. The minimum Gasteiger partial charge on any atom is -0.486 e. The molecule has 104 valence electrons. The first-order chi connectivity index (χ1) is 9.63. The highest BCUT2D eigenvalue weighted by Crippen LogP contribution is 2.38. The standard InChI is InChI=1S/C17H17BrO2/c1-11-7-12(2)9-14(8-11)17(18)13-3-4-15-16(10-13)20-6-5-19-15/h3-4,7-10,17H,5-6H2,1-2H3. The second kappa shape index (κ2) is 5.49. The van der Waals surface area contributed by atoms with E-state index in [0.717, 1.165) is 11.5 Å². The Labute approximate surface area is 127 Å². The summed E-state index contributed by atoms with van der Waals surface area (Å²) in [7, 11) is 0. The van der Waals surface area contributed by atoms with Gasteiger partial charge in [0.2, 0.25) is 0 Å². The van der Waals surface area contributed by atoms with E-state index in [1.165, 1.54) is 22.3 Å². The molecule has 2 nitrogen and oxygen atoms in total. The second-order valence-corrected chi connectivity index (χ2v) is 6.10. The van der Waals surface area contributed by atoms with Crippen LogP contribution >= 0.6 is 15.9 Å². The Morgan fingerprint density at radius 2 is 1.50 bits per heavy atom. The highest BCUT2D eigenvalue weighted by Gasteiger charge is 2.16. The SMILES string of the molecule is Cc1cc(C)cc(C(Br)c2ccc3c(c2)OCCO3)c1. The van der Waals surface area contributed by atoms with Crippen molar-refractivity contribution in [2.24, 2.45) is 0 Å². The summed E-state index contributed by atoms with van der Waals surface area (Å²) in [5, 5.41) is 0. The predicted octanol–water partition coefficient (Wildman–Crippen LogP) is 4.56. The van der Waals surface area contributed by atoms with Crippen LogP contribution in [0.4, 0.5) is 0 Å². The zero-order chi connectivity index (χ0) is 14.1. The van der Waals surface area contributed by atoms with Gasteiger partial charge in [0, 0.05) is 0 Å². The quantitative estimate of drug-likeness (QED) is 0.750. The summed E-state index contributed by atoms with van der Waals surface area (Å²) in [6.45, 7) is 5.49. The average Bonchev–Trinajstić information content (AvgIpc) is 2.45. The normalized spacial score (nSPS) is 14.9. The van der Waals surface area contributed by atoms with Gasteiger partial charge in [0.25, 0.3) is 0 Å². The summed E-state index contributed by atoms with van der Waals surface area (Å²) in [5.41, 5.74) is 5.00. The fraction of sp³-hybridized carbons (Fsp3) is 0.294. The first kappa shape index (κ1) is 13.5. The Morgan fingerprint density at radius 3 is 2.20 bits per heavy atom. The van der Waals surface area contributed by atoms with Gasteiger partial charge in [-0.1, -0.05) is 51.3 Å². The van der Waals surface area contributed by atoms with Crippen LogP contribution < -0.4 is 9.47 Å². The van der Waals surface area contributed by atoms with E-state index in [9.17, 15) is 0 Å². The molecule has 1 unspecified atom stereocenters. The number of benzene rings is 2. The molecule has 2 aromatic rings. The minimum atomic E-state index is 0.164. The van der Waals surface area contributed by atoms with E-state index in [-0.39, 0.29) is 4.83 Å². The van der Waals surface area contributed by atoms with Gasteiger partial charge in [0.15, 0.2) is 11.5 Å². The molecule has 0 radical (unpaired) electrons. The van der Waals surface area contributed by atoms with Crippen molar-refractivity contribution in [3.63, 3.8) is 0 Å². The van der Waals surface area contributed by atoms with Gasteiger partial charge in [-0.15, -0.1) is 0 Å². The molecule has 0 fully saturated rings. The Bertz CT molecular complexity index is 617. The minimum absolute atomic E-state index is 0.164. The average molecular weight is 333 g/mol. The van der Waals surface area contributed by atoms with E-state index >= 15 is 0 Å². The van der Waals surface area contributed by atoms with Crippen molar-refractivity contribution in [2.45, 2.75) is 18.7 Å². The van der Waals surface area contributed by atoms with Crippen molar-refractivity contribution in [2.75, 3.05) is 13.2 Å². The van der Waals surface area contributed by atoms with Gasteiger partial charge < -0.3 is 9.47 Å². The number of hydrogen-bond donors (Lipinski definition) is 0. The lowest BCUT2D eigenvalue weighted by atomic mass is 10.0. The van der Waals surface area contributed by atoms with Gasteiger partial charge in [-0.2, -0.15) is 0 Å². The maximum atomic E-state index is 5.65. The number of alkyl halides is 1. The Balaban J connectivity index is 1.95. The summed E-state index contributed by atoms with van der Waals surface area (Å²) >= 11 is 3.79. The van der Waals surface area contributed by atoms with Crippen molar-refractivity contribution in [3.8, 4) is 11.5 Å². The van der Waals surface area contributed by atoms with Crippen LogP contribution in [0.2, 0.25) is 0 Å². The van der Waals surface area contributed by atoms with E-state index < -0.39 is 0 Å². The van der Waals surface area contributed by atoms with Crippen LogP contribution in [0, 0.1) is 13.8 Å². The van der Waals surface area contributed by atoms with E-state index in [1.807, 2.05) is 6.07 Å². The van der Waals surface area contributed by atoms with Crippen LogP contribution in [-0.2, 0) is 0 Å². The van der Waals surface area contributed by atoms with Gasteiger partial charge in [-0.3, -0.25) is 0 Å². The first-order valence-electron chi connectivity index (χ1n) is 6.75. The molecule has 0 spiro atoms. The van der Waals surface area contributed by atoms with E-state index in [2.05, 4.69) is 60.1 Å². The maximum Gasteiger partial charge on any atom is 0.161 e. The molecule has 1 heterocycles. The third-order valence-electron chi connectivity index (χ3n) is 3.40. The second-order valence-electron chi connectivity index (χ2n) is 5.19. The van der Waals surface area contributed by atoms with Crippen LogP contribution in [0.25, 0.3) is 0 Å². The van der Waals surface area contributed by atoms with Gasteiger partial charge >= 0.3 is 0 Å². The molecule has 3 heteroatoms. The maximum absolute atomic E-state index is 5.65. The molecule has 0 aromatic heterocycles. The first-order valence-corrected chi connectivity index (χ1v) is 7.67. The molecule has 0 saturated heterocycles. The number of fused-ring (bicyclic) bond motifs is 1. The molecular formula is C17H17BrO2. The number of hydrogen-bond acceptors (Lipinski definition) is 2. The molecule has 0 bridgehead atoms.